The standard InChI is InChI=1S/C22H23NO2/c1-5-9-20-22(25,18-10-7-6-8-11-18)17(4)21(24)23(20)19-13-15(2)12-16(3)14-19/h5-8,10-14,20,25H,1,4,9H2,2-3H3/t20-,22+/m1/s1. The molecule has 1 aliphatic rings. The fourth-order valence-electron chi connectivity index (χ4n) is 3.72. The molecule has 2 atom stereocenters. The van der Waals surface area contributed by atoms with E-state index < -0.39 is 11.6 Å². The number of aryl methyl sites for hydroxylation is 2. The van der Waals surface area contributed by atoms with E-state index in [1.54, 1.807) is 11.0 Å². The number of carbonyl (C=O) groups excluding carboxylic acids is 1. The minimum absolute atomic E-state index is 0.199. The lowest BCUT2D eigenvalue weighted by molar-refractivity contribution is -0.114. The fraction of sp³-hybridized carbons (Fsp3) is 0.227. The van der Waals surface area contributed by atoms with Crippen molar-refractivity contribution in [2.24, 2.45) is 0 Å². The fourth-order valence-corrected chi connectivity index (χ4v) is 3.72. The Labute approximate surface area is 148 Å². The molecule has 3 heteroatoms. The first kappa shape index (κ1) is 17.2. The Balaban J connectivity index is 2.18. The van der Waals surface area contributed by atoms with Crippen molar-refractivity contribution in [3.63, 3.8) is 0 Å². The predicted molar refractivity (Wildman–Crippen MR) is 101 cm³/mol. The molecule has 0 aromatic heterocycles. The number of carbonyl (C=O) groups is 1. The first-order valence-electron chi connectivity index (χ1n) is 8.39. The molecule has 1 N–H and O–H groups in total. The average molecular weight is 333 g/mol. The third-order valence-electron chi connectivity index (χ3n) is 4.82. The van der Waals surface area contributed by atoms with Gasteiger partial charge in [-0.05, 0) is 49.1 Å². The van der Waals surface area contributed by atoms with Crippen LogP contribution in [-0.2, 0) is 10.4 Å². The van der Waals surface area contributed by atoms with Gasteiger partial charge in [0.15, 0.2) is 0 Å². The van der Waals surface area contributed by atoms with Crippen molar-refractivity contribution in [3.05, 3.63) is 90.0 Å². The summed E-state index contributed by atoms with van der Waals surface area (Å²) in [5.41, 5.74) is 2.35. The van der Waals surface area contributed by atoms with Crippen molar-refractivity contribution >= 4 is 11.6 Å². The van der Waals surface area contributed by atoms with E-state index in [2.05, 4.69) is 19.2 Å². The minimum atomic E-state index is -1.44. The van der Waals surface area contributed by atoms with Crippen molar-refractivity contribution in [2.45, 2.75) is 31.9 Å². The van der Waals surface area contributed by atoms with Gasteiger partial charge in [-0.1, -0.05) is 49.1 Å². The van der Waals surface area contributed by atoms with Crippen molar-refractivity contribution in [3.8, 4) is 0 Å². The lowest BCUT2D eigenvalue weighted by atomic mass is 9.82. The van der Waals surface area contributed by atoms with E-state index in [-0.39, 0.29) is 11.5 Å². The lowest BCUT2D eigenvalue weighted by Crippen LogP contribution is -2.43. The monoisotopic (exact) mass is 333 g/mol. The second-order valence-electron chi connectivity index (χ2n) is 6.67. The third-order valence-corrected chi connectivity index (χ3v) is 4.82. The molecule has 0 spiro atoms. The van der Waals surface area contributed by atoms with Crippen molar-refractivity contribution in [2.75, 3.05) is 4.90 Å². The van der Waals surface area contributed by atoms with Gasteiger partial charge in [0.25, 0.3) is 5.91 Å². The number of rotatable bonds is 4. The van der Waals surface area contributed by atoms with Gasteiger partial charge >= 0.3 is 0 Å². The highest BCUT2D eigenvalue weighted by atomic mass is 16.3. The molecule has 3 nitrogen and oxygen atoms in total. The molecular formula is C22H23NO2. The molecular weight excluding hydrogens is 310 g/mol. The van der Waals surface area contributed by atoms with E-state index in [9.17, 15) is 9.90 Å². The van der Waals surface area contributed by atoms with Gasteiger partial charge in [0.05, 0.1) is 6.04 Å². The van der Waals surface area contributed by atoms with Crippen LogP contribution in [0.15, 0.2) is 73.3 Å². The van der Waals surface area contributed by atoms with E-state index in [1.165, 1.54) is 0 Å². The number of anilines is 1. The van der Waals surface area contributed by atoms with E-state index in [0.29, 0.717) is 12.0 Å². The Kier molecular flexibility index (Phi) is 4.36. The predicted octanol–water partition coefficient (Wildman–Crippen LogP) is 4.04. The van der Waals surface area contributed by atoms with Gasteiger partial charge in [-0.2, -0.15) is 0 Å². The molecule has 25 heavy (non-hydrogen) atoms. The van der Waals surface area contributed by atoms with Gasteiger partial charge in [0, 0.05) is 11.3 Å². The number of aliphatic hydroxyl groups is 1. The summed E-state index contributed by atoms with van der Waals surface area (Å²) in [5.74, 6) is -0.247. The van der Waals surface area contributed by atoms with Gasteiger partial charge in [0.2, 0.25) is 0 Å². The first-order chi connectivity index (χ1) is 11.9. The van der Waals surface area contributed by atoms with Crippen molar-refractivity contribution < 1.29 is 9.90 Å². The summed E-state index contributed by atoms with van der Waals surface area (Å²) in [6, 6.07) is 14.8. The van der Waals surface area contributed by atoms with Crippen LogP contribution < -0.4 is 4.90 Å². The van der Waals surface area contributed by atoms with E-state index in [1.807, 2.05) is 56.3 Å². The number of amides is 1. The molecule has 128 valence electrons. The topological polar surface area (TPSA) is 40.5 Å². The summed E-state index contributed by atoms with van der Waals surface area (Å²) in [5, 5.41) is 11.6. The molecule has 1 amide bonds. The van der Waals surface area contributed by atoms with Crippen LogP contribution in [0.3, 0.4) is 0 Å². The van der Waals surface area contributed by atoms with Gasteiger partial charge < -0.3 is 10.0 Å². The Morgan fingerprint density at radius 1 is 1.16 bits per heavy atom. The van der Waals surface area contributed by atoms with Crippen LogP contribution in [0.5, 0.6) is 0 Å². The molecule has 0 saturated carbocycles. The maximum absolute atomic E-state index is 13.0. The van der Waals surface area contributed by atoms with Gasteiger partial charge in [0.1, 0.15) is 5.60 Å². The molecule has 1 fully saturated rings. The molecule has 3 rings (SSSR count). The summed E-state index contributed by atoms with van der Waals surface area (Å²) < 4.78 is 0. The first-order valence-corrected chi connectivity index (χ1v) is 8.39. The summed E-state index contributed by atoms with van der Waals surface area (Å²) in [6.07, 6.45) is 2.20. The smallest absolute Gasteiger partial charge is 0.257 e. The van der Waals surface area contributed by atoms with Gasteiger partial charge in [-0.25, -0.2) is 0 Å². The van der Waals surface area contributed by atoms with Crippen LogP contribution >= 0.6 is 0 Å². The molecule has 1 aliphatic heterocycles. The highest BCUT2D eigenvalue weighted by Crippen LogP contribution is 2.45. The molecule has 1 saturated heterocycles. The Hall–Kier alpha value is -2.65. The number of hydrogen-bond donors (Lipinski definition) is 1. The van der Waals surface area contributed by atoms with Crippen molar-refractivity contribution in [1.29, 1.82) is 0 Å². The highest BCUT2D eigenvalue weighted by Gasteiger charge is 2.54. The van der Waals surface area contributed by atoms with Crippen molar-refractivity contribution in [1.82, 2.24) is 0 Å². The maximum Gasteiger partial charge on any atom is 0.257 e. The van der Waals surface area contributed by atoms with Gasteiger partial charge in [-0.15, -0.1) is 6.58 Å². The highest BCUT2D eigenvalue weighted by molar-refractivity contribution is 6.11. The third kappa shape index (κ3) is 2.71. The molecule has 2 aromatic rings. The molecule has 1 heterocycles. The van der Waals surface area contributed by atoms with Crippen LogP contribution in [0.1, 0.15) is 23.1 Å². The van der Waals surface area contributed by atoms with Crippen LogP contribution in [0, 0.1) is 13.8 Å². The summed E-state index contributed by atoms with van der Waals surface area (Å²) >= 11 is 0. The Morgan fingerprint density at radius 2 is 1.76 bits per heavy atom. The molecule has 0 aliphatic carbocycles. The SMILES string of the molecule is C=CC[C@H]1N(c2cc(C)cc(C)c2)C(=O)C(=C)[C@]1(O)c1ccccc1. The molecule has 0 bridgehead atoms. The largest absolute Gasteiger partial charge is 0.378 e. The summed E-state index contributed by atoms with van der Waals surface area (Å²) in [7, 11) is 0. The number of nitrogens with zero attached hydrogens (tertiary/aromatic N) is 1. The van der Waals surface area contributed by atoms with E-state index >= 15 is 0 Å². The van der Waals surface area contributed by atoms with E-state index in [4.69, 9.17) is 0 Å². The molecule has 0 unspecified atom stereocenters. The second-order valence-corrected chi connectivity index (χ2v) is 6.67. The van der Waals surface area contributed by atoms with Gasteiger partial charge in [-0.3, -0.25) is 4.79 Å². The summed E-state index contributed by atoms with van der Waals surface area (Å²) in [4.78, 5) is 14.7. The normalized spacial score (nSPS) is 23.2. The lowest BCUT2D eigenvalue weighted by Gasteiger charge is -2.33. The quantitative estimate of drug-likeness (QED) is 0.678. The number of hydrogen-bond acceptors (Lipinski definition) is 2. The summed E-state index contributed by atoms with van der Waals surface area (Å²) in [6.45, 7) is 11.8. The van der Waals surface area contributed by atoms with Crippen LogP contribution in [-0.4, -0.2) is 17.1 Å². The number of benzene rings is 2. The average Bonchev–Trinajstić information content (AvgIpc) is 2.77. The zero-order valence-electron chi connectivity index (χ0n) is 14.7. The van der Waals surface area contributed by atoms with Crippen LogP contribution in [0.2, 0.25) is 0 Å². The Bertz CT molecular complexity index is 820. The second kappa shape index (κ2) is 6.34. The minimum Gasteiger partial charge on any atom is -0.378 e. The molecule has 2 aromatic carbocycles. The maximum atomic E-state index is 13.0. The zero-order chi connectivity index (χ0) is 18.2. The zero-order valence-corrected chi connectivity index (χ0v) is 14.7. The van der Waals surface area contributed by atoms with Crippen LogP contribution in [0.25, 0.3) is 0 Å². The molecule has 0 radical (unpaired) electrons. The van der Waals surface area contributed by atoms with Crippen LogP contribution in [0.4, 0.5) is 5.69 Å². The van der Waals surface area contributed by atoms with E-state index in [0.717, 1.165) is 16.8 Å². The Morgan fingerprint density at radius 3 is 2.32 bits per heavy atom.